The van der Waals surface area contributed by atoms with Crippen molar-refractivity contribution in [3.8, 4) is 0 Å². The van der Waals surface area contributed by atoms with Gasteiger partial charge in [-0.05, 0) is 60.8 Å². The van der Waals surface area contributed by atoms with Gasteiger partial charge in [0.2, 0.25) is 0 Å². The molecule has 2 atom stereocenters. The molecule has 2 unspecified atom stereocenters. The van der Waals surface area contributed by atoms with Crippen LogP contribution in [0.2, 0.25) is 0 Å². The molecule has 0 amide bonds. The summed E-state index contributed by atoms with van der Waals surface area (Å²) in [6.45, 7) is 5.21. The van der Waals surface area contributed by atoms with E-state index in [4.69, 9.17) is 0 Å². The summed E-state index contributed by atoms with van der Waals surface area (Å²) in [6, 6.07) is 1.69. The number of nitrogens with one attached hydrogen (secondary N) is 1. The van der Waals surface area contributed by atoms with Crippen molar-refractivity contribution >= 4 is 5.69 Å². The molecule has 1 N–H and O–H groups in total. The maximum absolute atomic E-state index is 13.8. The first kappa shape index (κ1) is 10.1. The fourth-order valence-electron chi connectivity index (χ4n) is 3.34. The van der Waals surface area contributed by atoms with Crippen molar-refractivity contribution in [3.63, 3.8) is 0 Å². The van der Waals surface area contributed by atoms with E-state index in [1.165, 1.54) is 24.0 Å². The first-order valence-corrected chi connectivity index (χ1v) is 6.24. The summed E-state index contributed by atoms with van der Waals surface area (Å²) >= 11 is 0. The molecule has 0 bridgehead atoms. The Morgan fingerprint density at radius 2 is 2.25 bits per heavy atom. The van der Waals surface area contributed by atoms with Gasteiger partial charge in [-0.2, -0.15) is 0 Å². The van der Waals surface area contributed by atoms with Crippen LogP contribution in [-0.4, -0.2) is 6.54 Å². The van der Waals surface area contributed by atoms with Crippen molar-refractivity contribution in [2.45, 2.75) is 39.0 Å². The van der Waals surface area contributed by atoms with Crippen LogP contribution in [0.5, 0.6) is 0 Å². The molecule has 3 rings (SSSR count). The first-order valence-electron chi connectivity index (χ1n) is 6.24. The maximum Gasteiger partial charge on any atom is 0.128 e. The van der Waals surface area contributed by atoms with E-state index in [0.717, 1.165) is 24.2 Å². The zero-order valence-electron chi connectivity index (χ0n) is 9.94. The molecule has 1 aliphatic carbocycles. The summed E-state index contributed by atoms with van der Waals surface area (Å²) in [6.07, 6.45) is 3.54. The van der Waals surface area contributed by atoms with Gasteiger partial charge in [-0.15, -0.1) is 0 Å². The second-order valence-corrected chi connectivity index (χ2v) is 5.28. The lowest BCUT2D eigenvalue weighted by atomic mass is 9.72. The van der Waals surface area contributed by atoms with Crippen LogP contribution in [0.15, 0.2) is 6.07 Å². The lowest BCUT2D eigenvalue weighted by Gasteiger charge is -2.38. The molecule has 1 aromatic rings. The van der Waals surface area contributed by atoms with E-state index < -0.39 is 0 Å². The Morgan fingerprint density at radius 1 is 1.44 bits per heavy atom. The van der Waals surface area contributed by atoms with Gasteiger partial charge < -0.3 is 5.32 Å². The second kappa shape index (κ2) is 3.47. The molecular formula is C14H18FN. The van der Waals surface area contributed by atoms with Crippen LogP contribution in [0.4, 0.5) is 10.1 Å². The summed E-state index contributed by atoms with van der Waals surface area (Å²) in [7, 11) is 0. The van der Waals surface area contributed by atoms with Crippen LogP contribution in [0, 0.1) is 18.7 Å². The van der Waals surface area contributed by atoms with E-state index in [-0.39, 0.29) is 5.82 Å². The highest BCUT2D eigenvalue weighted by molar-refractivity contribution is 5.62. The average Bonchev–Trinajstić information content (AvgIpc) is 2.30. The van der Waals surface area contributed by atoms with Crippen molar-refractivity contribution in [1.29, 1.82) is 0 Å². The standard InChI is InChI=1S/C14H18FN/c1-8-7-16-13-6-12(15)9(2)11-5-3-4-10(8)14(11)13/h6,8,10,16H,3-5,7H2,1-2H3. The Morgan fingerprint density at radius 3 is 3.06 bits per heavy atom. The monoisotopic (exact) mass is 219 g/mol. The van der Waals surface area contributed by atoms with E-state index in [2.05, 4.69) is 12.2 Å². The highest BCUT2D eigenvalue weighted by atomic mass is 19.1. The summed E-state index contributed by atoms with van der Waals surface area (Å²) in [5, 5.41) is 3.38. The molecule has 16 heavy (non-hydrogen) atoms. The fourth-order valence-corrected chi connectivity index (χ4v) is 3.34. The average molecular weight is 219 g/mol. The minimum atomic E-state index is -0.0450. The first-order chi connectivity index (χ1) is 7.68. The lowest BCUT2D eigenvalue weighted by molar-refractivity contribution is 0.407. The molecule has 1 aromatic carbocycles. The van der Waals surface area contributed by atoms with Crippen LogP contribution in [0.1, 0.15) is 42.4 Å². The molecule has 1 nitrogen and oxygen atoms in total. The maximum atomic E-state index is 13.8. The molecule has 0 saturated heterocycles. The Bertz CT molecular complexity index is 439. The van der Waals surface area contributed by atoms with E-state index in [1.807, 2.05) is 6.92 Å². The lowest BCUT2D eigenvalue weighted by Crippen LogP contribution is -2.29. The molecule has 1 aliphatic heterocycles. The highest BCUT2D eigenvalue weighted by Gasteiger charge is 2.32. The van der Waals surface area contributed by atoms with Crippen LogP contribution < -0.4 is 5.32 Å². The van der Waals surface area contributed by atoms with E-state index in [9.17, 15) is 4.39 Å². The van der Waals surface area contributed by atoms with Crippen molar-refractivity contribution < 1.29 is 4.39 Å². The summed E-state index contributed by atoms with van der Waals surface area (Å²) in [5.74, 6) is 1.28. The largest absolute Gasteiger partial charge is 0.384 e. The van der Waals surface area contributed by atoms with Crippen molar-refractivity contribution in [2.75, 3.05) is 11.9 Å². The fraction of sp³-hybridized carbons (Fsp3) is 0.571. The molecule has 2 aliphatic rings. The molecule has 86 valence electrons. The normalized spacial score (nSPS) is 27.2. The highest BCUT2D eigenvalue weighted by Crippen LogP contribution is 2.45. The number of benzene rings is 1. The minimum Gasteiger partial charge on any atom is -0.384 e. The third-order valence-electron chi connectivity index (χ3n) is 4.31. The Kier molecular flexibility index (Phi) is 2.20. The van der Waals surface area contributed by atoms with Gasteiger partial charge in [0, 0.05) is 12.2 Å². The predicted molar refractivity (Wildman–Crippen MR) is 64.5 cm³/mol. The third kappa shape index (κ3) is 1.28. The van der Waals surface area contributed by atoms with Gasteiger partial charge in [0.15, 0.2) is 0 Å². The molecule has 1 heterocycles. The Balaban J connectivity index is 2.24. The molecule has 0 spiro atoms. The molecule has 0 radical (unpaired) electrons. The van der Waals surface area contributed by atoms with Crippen molar-refractivity contribution in [2.24, 2.45) is 5.92 Å². The summed E-state index contributed by atoms with van der Waals surface area (Å²) in [5.41, 5.74) is 4.63. The number of anilines is 1. The van der Waals surface area contributed by atoms with Gasteiger partial charge in [-0.3, -0.25) is 0 Å². The molecule has 0 saturated carbocycles. The zero-order chi connectivity index (χ0) is 11.3. The summed E-state index contributed by atoms with van der Waals surface area (Å²) in [4.78, 5) is 0. The number of halogens is 1. The Labute approximate surface area is 96.1 Å². The second-order valence-electron chi connectivity index (χ2n) is 5.28. The topological polar surface area (TPSA) is 12.0 Å². The smallest absolute Gasteiger partial charge is 0.128 e. The molecule has 2 heteroatoms. The van der Waals surface area contributed by atoms with Gasteiger partial charge in [0.25, 0.3) is 0 Å². The number of hydrogen-bond acceptors (Lipinski definition) is 1. The minimum absolute atomic E-state index is 0.0450. The molecule has 0 aromatic heterocycles. The van der Waals surface area contributed by atoms with E-state index in [0.29, 0.717) is 11.8 Å². The Hall–Kier alpha value is -1.05. The van der Waals surface area contributed by atoms with Gasteiger partial charge in [-0.1, -0.05) is 6.92 Å². The number of hydrogen-bond donors (Lipinski definition) is 1. The van der Waals surface area contributed by atoms with Crippen LogP contribution in [0.25, 0.3) is 0 Å². The van der Waals surface area contributed by atoms with Crippen molar-refractivity contribution in [1.82, 2.24) is 0 Å². The molecular weight excluding hydrogens is 201 g/mol. The van der Waals surface area contributed by atoms with Crippen LogP contribution >= 0.6 is 0 Å². The third-order valence-corrected chi connectivity index (χ3v) is 4.31. The van der Waals surface area contributed by atoms with Crippen LogP contribution in [-0.2, 0) is 6.42 Å². The zero-order valence-corrected chi connectivity index (χ0v) is 9.94. The SMILES string of the molecule is Cc1c(F)cc2c3c1CCCC3C(C)CN2. The van der Waals surface area contributed by atoms with E-state index in [1.54, 1.807) is 6.07 Å². The van der Waals surface area contributed by atoms with Gasteiger partial charge in [0.05, 0.1) is 0 Å². The van der Waals surface area contributed by atoms with E-state index >= 15 is 0 Å². The van der Waals surface area contributed by atoms with Gasteiger partial charge in [-0.25, -0.2) is 4.39 Å². The molecule has 0 fully saturated rings. The predicted octanol–water partition coefficient (Wildman–Crippen LogP) is 3.62. The van der Waals surface area contributed by atoms with Gasteiger partial charge in [0.1, 0.15) is 5.82 Å². The van der Waals surface area contributed by atoms with Crippen LogP contribution in [0.3, 0.4) is 0 Å². The summed E-state index contributed by atoms with van der Waals surface area (Å²) < 4.78 is 13.8. The van der Waals surface area contributed by atoms with Crippen molar-refractivity contribution in [3.05, 3.63) is 28.6 Å². The quantitative estimate of drug-likeness (QED) is 0.702. The van der Waals surface area contributed by atoms with Gasteiger partial charge >= 0.3 is 0 Å². The number of rotatable bonds is 0.